The molecule has 0 radical (unpaired) electrons. The van der Waals surface area contributed by atoms with Gasteiger partial charge in [-0.15, -0.1) is 22.7 Å². The highest BCUT2D eigenvalue weighted by molar-refractivity contribution is 7.14. The number of rotatable bonds is 3. The summed E-state index contributed by atoms with van der Waals surface area (Å²) in [6.07, 6.45) is 3.33. The van der Waals surface area contributed by atoms with Crippen molar-refractivity contribution < 1.29 is 4.79 Å². The van der Waals surface area contributed by atoms with Gasteiger partial charge in [-0.1, -0.05) is 32.9 Å². The fourth-order valence-electron chi connectivity index (χ4n) is 6.19. The number of amides is 2. The summed E-state index contributed by atoms with van der Waals surface area (Å²) in [5.74, 6) is 0. The van der Waals surface area contributed by atoms with Gasteiger partial charge in [0, 0.05) is 18.3 Å². The number of urea groups is 1. The zero-order valence-corrected chi connectivity index (χ0v) is 21.3. The van der Waals surface area contributed by atoms with Gasteiger partial charge < -0.3 is 10.2 Å². The second-order valence-electron chi connectivity index (χ2n) is 10.9. The van der Waals surface area contributed by atoms with Gasteiger partial charge >= 0.3 is 6.03 Å². The average Bonchev–Trinajstić information content (AvgIpc) is 3.53. The van der Waals surface area contributed by atoms with Gasteiger partial charge in [-0.2, -0.15) is 0 Å². The lowest BCUT2D eigenvalue weighted by atomic mass is 9.65. The van der Waals surface area contributed by atoms with Gasteiger partial charge in [0.15, 0.2) is 0 Å². The number of hydrogen-bond acceptors (Lipinski definition) is 5. The number of nitrogens with zero attached hydrogens (tertiary/aromatic N) is 3. The number of likely N-dealkylation sites (tertiary alicyclic amines) is 1. The summed E-state index contributed by atoms with van der Waals surface area (Å²) in [6.45, 7) is 7.82. The minimum absolute atomic E-state index is 0.00702. The van der Waals surface area contributed by atoms with Crippen molar-refractivity contribution in [1.82, 2.24) is 14.9 Å². The molecular weight excluding hydrogens is 460 g/mol. The molecule has 0 unspecified atom stereocenters. The molecular formula is C27H28N4OS2. The Labute approximate surface area is 207 Å². The molecule has 3 aromatic heterocycles. The maximum absolute atomic E-state index is 13.3. The zero-order valence-electron chi connectivity index (χ0n) is 19.7. The highest BCUT2D eigenvalue weighted by Gasteiger charge is 2.51. The predicted molar refractivity (Wildman–Crippen MR) is 141 cm³/mol. The van der Waals surface area contributed by atoms with Crippen LogP contribution in [0.15, 0.2) is 53.2 Å². The lowest BCUT2D eigenvalue weighted by Gasteiger charge is -2.39. The van der Waals surface area contributed by atoms with Gasteiger partial charge in [0.1, 0.15) is 11.4 Å². The number of aromatic nitrogens is 2. The fourth-order valence-corrected chi connectivity index (χ4v) is 7.62. The number of hydrogen-bond donors (Lipinski definition) is 1. The molecule has 6 rings (SSSR count). The molecule has 1 saturated carbocycles. The summed E-state index contributed by atoms with van der Waals surface area (Å²) in [4.78, 5) is 27.5. The van der Waals surface area contributed by atoms with Crippen molar-refractivity contribution in [3.63, 3.8) is 0 Å². The molecule has 2 atom stereocenters. The van der Waals surface area contributed by atoms with Crippen LogP contribution >= 0.6 is 22.7 Å². The average molecular weight is 489 g/mol. The molecule has 7 heteroatoms. The molecule has 2 fully saturated rings. The zero-order chi connectivity index (χ0) is 23.5. The van der Waals surface area contributed by atoms with Crippen LogP contribution in [0.5, 0.6) is 0 Å². The Morgan fingerprint density at radius 2 is 1.65 bits per heavy atom. The Morgan fingerprint density at radius 1 is 0.971 bits per heavy atom. The summed E-state index contributed by atoms with van der Waals surface area (Å²) < 4.78 is 0. The van der Waals surface area contributed by atoms with Crippen LogP contribution in [-0.4, -0.2) is 33.5 Å². The minimum Gasteiger partial charge on any atom is -0.321 e. The second kappa shape index (κ2) is 7.89. The van der Waals surface area contributed by atoms with Crippen LogP contribution in [0.1, 0.15) is 40.0 Å². The van der Waals surface area contributed by atoms with Crippen molar-refractivity contribution in [2.45, 2.75) is 46.1 Å². The first-order chi connectivity index (χ1) is 16.3. The highest BCUT2D eigenvalue weighted by atomic mass is 32.1. The van der Waals surface area contributed by atoms with Gasteiger partial charge in [0.05, 0.1) is 20.8 Å². The topological polar surface area (TPSA) is 58.1 Å². The molecule has 2 amide bonds. The van der Waals surface area contributed by atoms with Crippen LogP contribution in [0.25, 0.3) is 32.2 Å². The van der Waals surface area contributed by atoms with Crippen molar-refractivity contribution in [2.24, 2.45) is 10.8 Å². The largest absolute Gasteiger partial charge is 0.322 e. The Kier molecular flexibility index (Phi) is 5.04. The molecule has 34 heavy (non-hydrogen) atoms. The molecule has 1 aliphatic carbocycles. The van der Waals surface area contributed by atoms with E-state index >= 15 is 0 Å². The van der Waals surface area contributed by atoms with Crippen LogP contribution in [0.4, 0.5) is 10.5 Å². The van der Waals surface area contributed by atoms with Gasteiger partial charge in [0.2, 0.25) is 0 Å². The first-order valence-electron chi connectivity index (χ1n) is 11.8. The third-order valence-electron chi connectivity index (χ3n) is 7.10. The van der Waals surface area contributed by atoms with E-state index in [1.54, 1.807) is 22.7 Å². The summed E-state index contributed by atoms with van der Waals surface area (Å²) in [5, 5.41) is 7.28. The monoisotopic (exact) mass is 488 g/mol. The normalized spacial score (nSPS) is 23.4. The third-order valence-corrected chi connectivity index (χ3v) is 8.85. The van der Waals surface area contributed by atoms with E-state index < -0.39 is 0 Å². The molecule has 1 saturated heterocycles. The van der Waals surface area contributed by atoms with Gasteiger partial charge in [-0.05, 0) is 71.2 Å². The Hall–Kier alpha value is -2.77. The van der Waals surface area contributed by atoms with Gasteiger partial charge in [0.25, 0.3) is 0 Å². The summed E-state index contributed by atoms with van der Waals surface area (Å²) in [5.41, 5.74) is 4.66. The molecule has 1 aliphatic heterocycles. The number of thiophene rings is 2. The van der Waals surface area contributed by atoms with Crippen molar-refractivity contribution in [3.05, 3.63) is 53.2 Å². The van der Waals surface area contributed by atoms with E-state index in [1.807, 2.05) is 30.3 Å². The molecule has 4 heterocycles. The van der Waals surface area contributed by atoms with Crippen LogP contribution in [-0.2, 0) is 0 Å². The van der Waals surface area contributed by atoms with E-state index in [4.69, 9.17) is 9.97 Å². The lowest BCUT2D eigenvalue weighted by molar-refractivity contribution is 0.130. The maximum Gasteiger partial charge on any atom is 0.322 e. The van der Waals surface area contributed by atoms with Crippen molar-refractivity contribution in [2.75, 3.05) is 11.9 Å². The number of carbonyl (C=O) groups is 1. The van der Waals surface area contributed by atoms with Crippen LogP contribution in [0.2, 0.25) is 0 Å². The van der Waals surface area contributed by atoms with E-state index in [9.17, 15) is 4.79 Å². The first kappa shape index (κ1) is 21.7. The highest BCUT2D eigenvalue weighted by Crippen LogP contribution is 2.52. The Morgan fingerprint density at radius 3 is 2.29 bits per heavy atom. The summed E-state index contributed by atoms with van der Waals surface area (Å²) >= 11 is 3.33. The summed E-state index contributed by atoms with van der Waals surface area (Å²) in [6, 6.07) is 14.4. The number of nitrogens with one attached hydrogen (secondary N) is 1. The van der Waals surface area contributed by atoms with Gasteiger partial charge in [-0.3, -0.25) is 0 Å². The molecule has 4 aromatic rings. The van der Waals surface area contributed by atoms with Gasteiger partial charge in [-0.25, -0.2) is 14.8 Å². The third kappa shape index (κ3) is 3.91. The lowest BCUT2D eigenvalue weighted by Crippen LogP contribution is -2.40. The molecule has 5 nitrogen and oxygen atoms in total. The van der Waals surface area contributed by atoms with Crippen molar-refractivity contribution in [1.29, 1.82) is 0 Å². The van der Waals surface area contributed by atoms with E-state index in [1.165, 1.54) is 6.42 Å². The summed E-state index contributed by atoms with van der Waals surface area (Å²) in [7, 11) is 0. The molecule has 1 N–H and O–H groups in total. The van der Waals surface area contributed by atoms with Crippen LogP contribution in [0, 0.1) is 10.8 Å². The minimum atomic E-state index is -0.00702. The van der Waals surface area contributed by atoms with E-state index in [2.05, 4.69) is 53.9 Å². The number of fused-ring (bicyclic) bond motifs is 3. The predicted octanol–water partition coefficient (Wildman–Crippen LogP) is 7.52. The van der Waals surface area contributed by atoms with Crippen molar-refractivity contribution >= 4 is 45.4 Å². The molecule has 1 aromatic carbocycles. The Bertz CT molecular complexity index is 1360. The number of benzene rings is 1. The van der Waals surface area contributed by atoms with Crippen LogP contribution < -0.4 is 5.32 Å². The maximum atomic E-state index is 13.3. The molecule has 0 spiro atoms. The second-order valence-corrected chi connectivity index (χ2v) is 12.7. The quantitative estimate of drug-likeness (QED) is 0.324. The van der Waals surface area contributed by atoms with Crippen molar-refractivity contribution in [3.8, 4) is 21.1 Å². The van der Waals surface area contributed by atoms with E-state index in [-0.39, 0.29) is 16.9 Å². The first-order valence-corrected chi connectivity index (χ1v) is 13.5. The molecule has 174 valence electrons. The number of carbonyl (C=O) groups excluding carboxylic acids is 1. The van der Waals surface area contributed by atoms with E-state index in [0.717, 1.165) is 57.2 Å². The fraction of sp³-hybridized carbons (Fsp3) is 0.370. The number of anilines is 1. The van der Waals surface area contributed by atoms with E-state index in [0.29, 0.717) is 6.04 Å². The standard InChI is InChI=1S/C27H28N4OS2/c1-26(2)13-18-14-27(3,15-26)16-31(18)25(32)28-17-8-9-19-20(12-17)30-24(22-7-5-11-34-22)23(29-19)21-6-4-10-33-21/h4-12,18H,13-16H2,1-3H3,(H,28,32)/t18-,27+/m0/s1. The molecule has 2 aliphatic rings. The SMILES string of the molecule is CC1(C)C[C@H]2C[C@@](C)(CN2C(=O)Nc2ccc3nc(-c4cccs4)c(-c4cccs4)nc3c2)C1. The smallest absolute Gasteiger partial charge is 0.321 e. The Balaban J connectivity index is 1.32. The molecule has 2 bridgehead atoms. The van der Waals surface area contributed by atoms with Crippen LogP contribution in [0.3, 0.4) is 0 Å².